The van der Waals surface area contributed by atoms with Crippen molar-refractivity contribution in [3.8, 4) is 6.07 Å². The highest BCUT2D eigenvalue weighted by Crippen LogP contribution is 2.30. The van der Waals surface area contributed by atoms with Gasteiger partial charge in [-0.05, 0) is 43.7 Å². The molecule has 2 aromatic rings. The average molecular weight is 534 g/mol. The number of aromatic nitrogens is 2. The zero-order valence-electron chi connectivity index (χ0n) is 21.8. The molecule has 204 valence electrons. The van der Waals surface area contributed by atoms with Crippen LogP contribution in [-0.4, -0.2) is 78.7 Å². The predicted octanol–water partition coefficient (Wildman–Crippen LogP) is 2.48. The third-order valence-corrected chi connectivity index (χ3v) is 7.43. The van der Waals surface area contributed by atoms with E-state index in [4.69, 9.17) is 9.47 Å². The van der Waals surface area contributed by atoms with Crippen LogP contribution < -0.4 is 15.5 Å². The summed E-state index contributed by atoms with van der Waals surface area (Å²) in [4.78, 5) is 49.4. The number of nitrogens with one attached hydrogen (secondary N) is 2. The molecule has 0 bridgehead atoms. The van der Waals surface area contributed by atoms with Crippen LogP contribution in [0.25, 0.3) is 0 Å². The molecule has 1 saturated heterocycles. The molecule has 2 aliphatic heterocycles. The lowest BCUT2D eigenvalue weighted by Gasteiger charge is -2.31. The molecule has 3 amide bonds. The molecule has 2 fully saturated rings. The van der Waals surface area contributed by atoms with Gasteiger partial charge >= 0.3 is 6.03 Å². The minimum Gasteiger partial charge on any atom is -0.379 e. The summed E-state index contributed by atoms with van der Waals surface area (Å²) in [5.41, 5.74) is 2.63. The second-order valence-corrected chi connectivity index (χ2v) is 9.87. The number of aryl methyl sites for hydroxylation is 1. The van der Waals surface area contributed by atoms with Crippen molar-refractivity contribution in [1.82, 2.24) is 14.9 Å². The number of carbonyl (C=O) groups excluding carboxylic acids is 3. The molecule has 2 atom stereocenters. The number of anilines is 3. The van der Waals surface area contributed by atoms with Gasteiger partial charge in [-0.3, -0.25) is 19.8 Å². The molecule has 12 nitrogen and oxygen atoms in total. The molecule has 2 N–H and O–H groups in total. The number of pyridine rings is 2. The number of rotatable bonds is 7. The molecule has 1 saturated carbocycles. The number of hydrogen-bond acceptors (Lipinski definition) is 9. The van der Waals surface area contributed by atoms with Gasteiger partial charge in [0.25, 0.3) is 0 Å². The van der Waals surface area contributed by atoms with Crippen LogP contribution in [-0.2, 0) is 27.2 Å². The maximum absolute atomic E-state index is 13.4. The third-order valence-electron chi connectivity index (χ3n) is 7.43. The highest BCUT2D eigenvalue weighted by Gasteiger charge is 2.29. The van der Waals surface area contributed by atoms with Gasteiger partial charge in [0.05, 0.1) is 30.0 Å². The second-order valence-electron chi connectivity index (χ2n) is 9.87. The van der Waals surface area contributed by atoms with E-state index in [1.165, 1.54) is 11.1 Å². The summed E-state index contributed by atoms with van der Waals surface area (Å²) in [7, 11) is 1.68. The molecular formula is C27H31N7O5. The number of aldehydes is 1. The highest BCUT2D eigenvalue weighted by atomic mass is 16.5. The van der Waals surface area contributed by atoms with Gasteiger partial charge in [-0.2, -0.15) is 5.26 Å². The van der Waals surface area contributed by atoms with E-state index < -0.39 is 6.03 Å². The van der Waals surface area contributed by atoms with E-state index >= 15 is 0 Å². The minimum absolute atomic E-state index is 0.0248. The molecule has 39 heavy (non-hydrogen) atoms. The number of ether oxygens (including phenoxy) is 2. The number of morpholine rings is 1. The summed E-state index contributed by atoms with van der Waals surface area (Å²) in [5.74, 6) is 0.573. The van der Waals surface area contributed by atoms with Crippen molar-refractivity contribution in [3.05, 3.63) is 40.7 Å². The minimum atomic E-state index is -0.435. The fraction of sp³-hybridized carbons (Fsp3) is 0.481. The monoisotopic (exact) mass is 533 g/mol. The first kappa shape index (κ1) is 26.5. The lowest BCUT2D eigenvalue weighted by atomic mass is 10.0. The smallest absolute Gasteiger partial charge is 0.328 e. The van der Waals surface area contributed by atoms with E-state index in [9.17, 15) is 19.6 Å². The Morgan fingerprint density at radius 2 is 2.18 bits per heavy atom. The third kappa shape index (κ3) is 5.69. The topological polar surface area (TPSA) is 150 Å². The number of fused-ring (bicyclic) bond motifs is 1. The van der Waals surface area contributed by atoms with Crippen molar-refractivity contribution in [2.45, 2.75) is 50.8 Å². The van der Waals surface area contributed by atoms with E-state index in [2.05, 4.69) is 26.7 Å². The maximum atomic E-state index is 13.4. The summed E-state index contributed by atoms with van der Waals surface area (Å²) in [6.45, 7) is 1.60. The largest absolute Gasteiger partial charge is 0.379 e. The quantitative estimate of drug-likeness (QED) is 0.512. The fourth-order valence-electron chi connectivity index (χ4n) is 5.39. The molecule has 0 spiro atoms. The summed E-state index contributed by atoms with van der Waals surface area (Å²) in [5, 5.41) is 15.8. The van der Waals surface area contributed by atoms with Crippen LogP contribution in [0.15, 0.2) is 18.3 Å². The number of nitriles is 1. The Labute approximate surface area is 226 Å². The van der Waals surface area contributed by atoms with Gasteiger partial charge in [0, 0.05) is 44.6 Å². The maximum Gasteiger partial charge on any atom is 0.328 e. The van der Waals surface area contributed by atoms with Crippen molar-refractivity contribution in [3.63, 3.8) is 0 Å². The van der Waals surface area contributed by atoms with Crippen LogP contribution in [0.2, 0.25) is 0 Å². The SMILES string of the molecule is CO[C@@H]1CCC[C@H]1Nc1cc(NC(=O)N2CCCc3cc(CN4CCOCC4=O)c(C=O)nc32)ncc1C#N. The number of carbonyl (C=O) groups is 3. The first-order chi connectivity index (χ1) is 19.0. The molecular weight excluding hydrogens is 502 g/mol. The van der Waals surface area contributed by atoms with E-state index in [-0.39, 0.29) is 36.9 Å². The molecule has 0 unspecified atom stereocenters. The van der Waals surface area contributed by atoms with Crippen molar-refractivity contribution in [1.29, 1.82) is 5.26 Å². The first-order valence-electron chi connectivity index (χ1n) is 13.1. The lowest BCUT2D eigenvalue weighted by molar-refractivity contribution is -0.143. The molecule has 0 aromatic carbocycles. The molecule has 2 aromatic heterocycles. The van der Waals surface area contributed by atoms with Gasteiger partial charge in [-0.25, -0.2) is 14.8 Å². The van der Waals surface area contributed by atoms with Crippen LogP contribution in [0.5, 0.6) is 0 Å². The number of hydrogen-bond donors (Lipinski definition) is 2. The summed E-state index contributed by atoms with van der Waals surface area (Å²) >= 11 is 0. The standard InChI is InChI=1S/C27H31N7O5/c1-38-23-6-2-5-20(23)30-21-11-24(29-13-19(21)12-28)32-27(37)34-7-3-4-17-10-18(22(15-35)31-26(17)34)14-33-8-9-39-16-25(33)36/h10-11,13,15,20,23H,2-9,14,16H2,1H3,(H2,29,30,32,37)/t20-,23-/m1/s1. The van der Waals surface area contributed by atoms with Gasteiger partial charge in [0.1, 0.15) is 30.0 Å². The zero-order valence-corrected chi connectivity index (χ0v) is 21.8. The Morgan fingerprint density at radius 1 is 1.31 bits per heavy atom. The first-order valence-corrected chi connectivity index (χ1v) is 13.1. The molecule has 0 radical (unpaired) electrons. The Morgan fingerprint density at radius 3 is 2.95 bits per heavy atom. The predicted molar refractivity (Wildman–Crippen MR) is 142 cm³/mol. The highest BCUT2D eigenvalue weighted by molar-refractivity contribution is 6.02. The second kappa shape index (κ2) is 11.8. The molecule has 5 rings (SSSR count). The van der Waals surface area contributed by atoms with Crippen LogP contribution in [0.3, 0.4) is 0 Å². The molecule has 4 heterocycles. The van der Waals surface area contributed by atoms with Gasteiger partial charge in [-0.15, -0.1) is 0 Å². The molecule has 1 aliphatic carbocycles. The van der Waals surface area contributed by atoms with E-state index in [0.29, 0.717) is 67.3 Å². The number of methoxy groups -OCH3 is 1. The fourth-order valence-corrected chi connectivity index (χ4v) is 5.39. The average Bonchev–Trinajstić information content (AvgIpc) is 3.40. The van der Waals surface area contributed by atoms with Crippen LogP contribution in [0.4, 0.5) is 22.1 Å². The van der Waals surface area contributed by atoms with Crippen molar-refractivity contribution in [2.24, 2.45) is 0 Å². The van der Waals surface area contributed by atoms with E-state index in [0.717, 1.165) is 24.8 Å². The van der Waals surface area contributed by atoms with Gasteiger partial charge in [-0.1, -0.05) is 0 Å². The summed E-state index contributed by atoms with van der Waals surface area (Å²) in [6.07, 6.45) is 6.44. The molecule has 12 heteroatoms. The zero-order chi connectivity index (χ0) is 27.4. The van der Waals surface area contributed by atoms with Gasteiger partial charge < -0.3 is 19.7 Å². The summed E-state index contributed by atoms with van der Waals surface area (Å²) in [6, 6.07) is 5.29. The van der Waals surface area contributed by atoms with Crippen LogP contribution in [0.1, 0.15) is 52.9 Å². The van der Waals surface area contributed by atoms with Crippen molar-refractivity contribution in [2.75, 3.05) is 48.9 Å². The number of urea groups is 1. The van der Waals surface area contributed by atoms with Gasteiger partial charge in [0.15, 0.2) is 6.29 Å². The van der Waals surface area contributed by atoms with E-state index in [1.807, 2.05) is 6.07 Å². The van der Waals surface area contributed by atoms with Crippen molar-refractivity contribution >= 4 is 35.5 Å². The van der Waals surface area contributed by atoms with Gasteiger partial charge in [0.2, 0.25) is 5.91 Å². The van der Waals surface area contributed by atoms with Crippen LogP contribution >= 0.6 is 0 Å². The number of amides is 3. The lowest BCUT2D eigenvalue weighted by Crippen LogP contribution is -2.42. The Hall–Kier alpha value is -4.08. The Bertz CT molecular complexity index is 1310. The van der Waals surface area contributed by atoms with Crippen LogP contribution in [0, 0.1) is 11.3 Å². The Balaban J connectivity index is 1.35. The normalized spacial score (nSPS) is 20.8. The number of nitrogens with zero attached hydrogens (tertiary/aromatic N) is 5. The van der Waals surface area contributed by atoms with Crippen molar-refractivity contribution < 1.29 is 23.9 Å². The molecule has 3 aliphatic rings. The summed E-state index contributed by atoms with van der Waals surface area (Å²) < 4.78 is 10.7. The van der Waals surface area contributed by atoms with E-state index in [1.54, 1.807) is 18.1 Å². The Kier molecular flexibility index (Phi) is 7.99.